The predicted octanol–water partition coefficient (Wildman–Crippen LogP) is 4.22. The van der Waals surface area contributed by atoms with Crippen LogP contribution < -0.4 is 5.32 Å². The first-order chi connectivity index (χ1) is 14.0. The minimum absolute atomic E-state index is 0.0393. The number of aliphatic hydroxyl groups excluding tert-OH is 1. The van der Waals surface area contributed by atoms with Crippen molar-refractivity contribution in [3.05, 3.63) is 81.8 Å². The summed E-state index contributed by atoms with van der Waals surface area (Å²) < 4.78 is 3.30. The summed E-state index contributed by atoms with van der Waals surface area (Å²) in [6.45, 7) is 4.76. The molecule has 1 aliphatic rings. The molecule has 2 N–H and O–H groups in total. The Labute approximate surface area is 184 Å². The lowest BCUT2D eigenvalue weighted by molar-refractivity contribution is 0.223. The van der Waals surface area contributed by atoms with Crippen LogP contribution in [0.25, 0.3) is 5.69 Å². The summed E-state index contributed by atoms with van der Waals surface area (Å²) in [5.74, 6) is 0. The molecule has 0 amide bonds. The maximum absolute atomic E-state index is 9.65. The Kier molecular flexibility index (Phi) is 5.72. The molecule has 1 aromatic carbocycles. The lowest BCUT2D eigenvalue weighted by Crippen LogP contribution is -2.32. The SMILES string of the molecule is Cc1cc([C@H]2[C@H](c3ccccn3)NC(=S)N2CCO)c(C)n1-c1cccc(Br)c1. The zero-order valence-corrected chi connectivity index (χ0v) is 18.7. The first-order valence-corrected chi connectivity index (χ1v) is 10.7. The average Bonchev–Trinajstić information content (AvgIpc) is 3.18. The van der Waals surface area contributed by atoms with Crippen molar-refractivity contribution in [1.82, 2.24) is 19.8 Å². The highest BCUT2D eigenvalue weighted by Gasteiger charge is 2.41. The number of benzene rings is 1. The van der Waals surface area contributed by atoms with E-state index < -0.39 is 0 Å². The van der Waals surface area contributed by atoms with E-state index in [0.29, 0.717) is 11.7 Å². The van der Waals surface area contributed by atoms with Crippen molar-refractivity contribution >= 4 is 33.3 Å². The number of nitrogens with one attached hydrogen (secondary N) is 1. The topological polar surface area (TPSA) is 53.3 Å². The highest BCUT2D eigenvalue weighted by atomic mass is 79.9. The molecule has 0 bridgehead atoms. The van der Waals surface area contributed by atoms with Crippen LogP contribution in [0.4, 0.5) is 0 Å². The predicted molar refractivity (Wildman–Crippen MR) is 122 cm³/mol. The minimum atomic E-state index is -0.0771. The second-order valence-corrected chi connectivity index (χ2v) is 8.49. The van der Waals surface area contributed by atoms with Gasteiger partial charge in [-0.15, -0.1) is 0 Å². The van der Waals surface area contributed by atoms with Gasteiger partial charge in [0, 0.05) is 34.3 Å². The van der Waals surface area contributed by atoms with E-state index in [1.807, 2.05) is 30.3 Å². The van der Waals surface area contributed by atoms with Crippen LogP contribution in [0.3, 0.4) is 0 Å². The quantitative estimate of drug-likeness (QED) is 0.546. The molecule has 0 aliphatic carbocycles. The molecule has 2 aromatic heterocycles. The third-order valence-corrected chi connectivity index (χ3v) is 6.24. The molecular formula is C22H23BrN4OS. The van der Waals surface area contributed by atoms with Crippen molar-refractivity contribution in [1.29, 1.82) is 0 Å². The Morgan fingerprint density at radius 2 is 2.00 bits per heavy atom. The molecule has 3 aromatic rings. The van der Waals surface area contributed by atoms with Crippen LogP contribution >= 0.6 is 28.1 Å². The highest BCUT2D eigenvalue weighted by molar-refractivity contribution is 9.10. The molecule has 1 fully saturated rings. The molecule has 4 rings (SSSR count). The smallest absolute Gasteiger partial charge is 0.170 e. The fraction of sp³-hybridized carbons (Fsp3) is 0.273. The van der Waals surface area contributed by atoms with Crippen LogP contribution in [0.2, 0.25) is 0 Å². The third kappa shape index (κ3) is 3.70. The van der Waals surface area contributed by atoms with Gasteiger partial charge in [-0.25, -0.2) is 0 Å². The summed E-state index contributed by atoms with van der Waals surface area (Å²) in [5, 5.41) is 13.7. The van der Waals surface area contributed by atoms with E-state index in [4.69, 9.17) is 12.2 Å². The number of nitrogens with zero attached hydrogens (tertiary/aromatic N) is 3. The lowest BCUT2D eigenvalue weighted by atomic mass is 9.97. The van der Waals surface area contributed by atoms with Gasteiger partial charge in [0.05, 0.1) is 24.4 Å². The van der Waals surface area contributed by atoms with E-state index in [2.05, 4.69) is 67.7 Å². The average molecular weight is 471 g/mol. The summed E-state index contributed by atoms with van der Waals surface area (Å²) in [5.41, 5.74) is 5.53. The van der Waals surface area contributed by atoms with E-state index in [0.717, 1.165) is 27.2 Å². The van der Waals surface area contributed by atoms with E-state index >= 15 is 0 Å². The van der Waals surface area contributed by atoms with Crippen LogP contribution in [0.1, 0.15) is 34.7 Å². The van der Waals surface area contributed by atoms with E-state index in [1.54, 1.807) is 6.20 Å². The monoisotopic (exact) mass is 470 g/mol. The maximum atomic E-state index is 9.65. The molecule has 29 heavy (non-hydrogen) atoms. The van der Waals surface area contributed by atoms with E-state index in [1.165, 1.54) is 5.56 Å². The normalized spacial score (nSPS) is 18.9. The molecule has 150 valence electrons. The summed E-state index contributed by atoms with van der Waals surface area (Å²) in [4.78, 5) is 6.64. The molecule has 2 atom stereocenters. The molecule has 0 radical (unpaired) electrons. The number of aryl methyl sites for hydroxylation is 1. The van der Waals surface area contributed by atoms with Crippen molar-refractivity contribution < 1.29 is 5.11 Å². The number of thiocarbonyl (C=S) groups is 1. The fourth-order valence-electron chi connectivity index (χ4n) is 4.19. The number of hydrogen-bond donors (Lipinski definition) is 2. The van der Waals surface area contributed by atoms with E-state index in [-0.39, 0.29) is 18.7 Å². The van der Waals surface area contributed by atoms with Gasteiger partial charge in [-0.05, 0) is 68.0 Å². The molecule has 0 saturated carbocycles. The number of aliphatic hydroxyl groups is 1. The van der Waals surface area contributed by atoms with Gasteiger partial charge in [0.1, 0.15) is 0 Å². The first-order valence-electron chi connectivity index (χ1n) is 9.55. The summed E-state index contributed by atoms with van der Waals surface area (Å²) in [7, 11) is 0. The van der Waals surface area contributed by atoms with Gasteiger partial charge in [0.15, 0.2) is 5.11 Å². The molecule has 0 spiro atoms. The Morgan fingerprint density at radius 3 is 2.69 bits per heavy atom. The molecule has 5 nitrogen and oxygen atoms in total. The van der Waals surface area contributed by atoms with Crippen LogP contribution in [0.15, 0.2) is 59.2 Å². The number of halogens is 1. The van der Waals surface area contributed by atoms with Gasteiger partial charge in [-0.1, -0.05) is 28.1 Å². The molecule has 1 aliphatic heterocycles. The second kappa shape index (κ2) is 8.26. The zero-order valence-electron chi connectivity index (χ0n) is 16.3. The maximum Gasteiger partial charge on any atom is 0.170 e. The summed E-state index contributed by atoms with van der Waals surface area (Å²) >= 11 is 9.19. The lowest BCUT2D eigenvalue weighted by Gasteiger charge is -2.27. The van der Waals surface area contributed by atoms with Crippen molar-refractivity contribution in [2.24, 2.45) is 0 Å². The Hall–Kier alpha value is -2.22. The Balaban J connectivity index is 1.84. The fourth-order valence-corrected chi connectivity index (χ4v) is 4.91. The van der Waals surface area contributed by atoms with E-state index in [9.17, 15) is 5.11 Å². The Bertz CT molecular complexity index is 1040. The van der Waals surface area contributed by atoms with Crippen molar-refractivity contribution in [2.45, 2.75) is 25.9 Å². The number of pyridine rings is 1. The van der Waals surface area contributed by atoms with Gasteiger partial charge in [0.25, 0.3) is 0 Å². The van der Waals surface area contributed by atoms with Crippen molar-refractivity contribution in [3.63, 3.8) is 0 Å². The first kappa shape index (κ1) is 20.1. The zero-order chi connectivity index (χ0) is 20.5. The van der Waals surface area contributed by atoms with Gasteiger partial charge < -0.3 is 19.9 Å². The van der Waals surface area contributed by atoms with Gasteiger partial charge in [0.2, 0.25) is 0 Å². The number of β-amino-alcohol motifs (C(OH)–C–C–N with tert-alkyl or cyclic N) is 1. The molecule has 1 saturated heterocycles. The molecule has 3 heterocycles. The Morgan fingerprint density at radius 1 is 1.17 bits per heavy atom. The molecule has 0 unspecified atom stereocenters. The van der Waals surface area contributed by atoms with Gasteiger partial charge in [-0.3, -0.25) is 4.98 Å². The number of rotatable bonds is 5. The van der Waals surface area contributed by atoms with Gasteiger partial charge in [-0.2, -0.15) is 0 Å². The van der Waals surface area contributed by atoms with Crippen LogP contribution in [0.5, 0.6) is 0 Å². The van der Waals surface area contributed by atoms with Gasteiger partial charge >= 0.3 is 0 Å². The minimum Gasteiger partial charge on any atom is -0.395 e. The van der Waals surface area contributed by atoms with Crippen LogP contribution in [0, 0.1) is 13.8 Å². The summed E-state index contributed by atoms with van der Waals surface area (Å²) in [6.07, 6.45) is 1.80. The highest BCUT2D eigenvalue weighted by Crippen LogP contribution is 2.41. The number of aromatic nitrogens is 2. The third-order valence-electron chi connectivity index (χ3n) is 5.39. The molecule has 7 heteroatoms. The molecular weight excluding hydrogens is 448 g/mol. The second-order valence-electron chi connectivity index (χ2n) is 7.19. The number of hydrogen-bond acceptors (Lipinski definition) is 3. The largest absolute Gasteiger partial charge is 0.395 e. The van der Waals surface area contributed by atoms with Crippen LogP contribution in [-0.4, -0.2) is 37.8 Å². The standard InChI is InChI=1S/C22H23BrN4OS/c1-14-12-18(15(2)27(14)17-7-5-6-16(23)13-17)21-20(19-8-3-4-9-24-19)25-22(29)26(21)10-11-28/h3-9,12-13,20-21,28H,10-11H2,1-2H3,(H,25,29)/t20-,21-/m0/s1. The van der Waals surface area contributed by atoms with Crippen molar-refractivity contribution in [2.75, 3.05) is 13.2 Å². The van der Waals surface area contributed by atoms with Crippen LogP contribution in [-0.2, 0) is 0 Å². The van der Waals surface area contributed by atoms with Crippen molar-refractivity contribution in [3.8, 4) is 5.69 Å². The summed E-state index contributed by atoms with van der Waals surface area (Å²) in [6, 6.07) is 16.3.